The van der Waals surface area contributed by atoms with Crippen LogP contribution in [-0.4, -0.2) is 30.6 Å². The minimum Gasteiger partial charge on any atom is -0.493 e. The van der Waals surface area contributed by atoms with E-state index in [4.69, 9.17) is 4.74 Å². The summed E-state index contributed by atoms with van der Waals surface area (Å²) in [7, 11) is -5.57. The number of para-hydroxylation sites is 1. The van der Waals surface area contributed by atoms with Crippen LogP contribution in [0.1, 0.15) is 17.4 Å². The molecule has 0 fully saturated rings. The summed E-state index contributed by atoms with van der Waals surface area (Å²) in [4.78, 5) is 4.23. The van der Waals surface area contributed by atoms with Crippen molar-refractivity contribution in [3.63, 3.8) is 0 Å². The number of aliphatic hydroxyl groups is 1. The van der Waals surface area contributed by atoms with Crippen molar-refractivity contribution in [3.05, 3.63) is 64.6 Å². The van der Waals surface area contributed by atoms with Crippen LogP contribution in [0.25, 0.3) is 11.1 Å². The molecule has 6 nitrogen and oxygen atoms in total. The van der Waals surface area contributed by atoms with Gasteiger partial charge in [-0.05, 0) is 24.1 Å². The Kier molecular flexibility index (Phi) is 5.67. The third kappa shape index (κ3) is 4.39. The summed E-state index contributed by atoms with van der Waals surface area (Å²) in [5.74, 6) is 0.208. The molecule has 11 heteroatoms. The smallest absolute Gasteiger partial charge is 0.493 e. The number of fused-ring (bicyclic) bond motifs is 1. The minimum absolute atomic E-state index is 0.189. The van der Waals surface area contributed by atoms with E-state index < -0.39 is 21.6 Å². The van der Waals surface area contributed by atoms with E-state index in [-0.39, 0.29) is 23.8 Å². The zero-order valence-electron chi connectivity index (χ0n) is 15.8. The number of anilines is 1. The van der Waals surface area contributed by atoms with Gasteiger partial charge < -0.3 is 9.84 Å². The molecule has 0 saturated carbocycles. The summed E-state index contributed by atoms with van der Waals surface area (Å²) in [6.45, 7) is 0.248. The fourth-order valence-electron chi connectivity index (χ4n) is 3.42. The summed E-state index contributed by atoms with van der Waals surface area (Å²) in [6, 6.07) is 10.6. The van der Waals surface area contributed by atoms with Crippen LogP contribution in [0.4, 0.5) is 18.9 Å². The number of nitrogens with one attached hydrogen (secondary N) is 1. The molecule has 0 bridgehead atoms. The van der Waals surface area contributed by atoms with Crippen molar-refractivity contribution in [1.82, 2.24) is 4.98 Å². The number of alkyl halides is 3. The topological polar surface area (TPSA) is 88.5 Å². The van der Waals surface area contributed by atoms with Crippen molar-refractivity contribution in [2.45, 2.75) is 18.0 Å². The maximum absolute atomic E-state index is 12.8. The number of halogens is 3. The molecule has 31 heavy (non-hydrogen) atoms. The molecule has 1 aliphatic heterocycles. The van der Waals surface area contributed by atoms with Crippen molar-refractivity contribution in [2.75, 3.05) is 11.3 Å². The van der Waals surface area contributed by atoms with E-state index in [0.29, 0.717) is 23.3 Å². The van der Waals surface area contributed by atoms with Crippen LogP contribution in [0.5, 0.6) is 5.75 Å². The van der Waals surface area contributed by atoms with E-state index in [1.807, 2.05) is 5.38 Å². The number of hydrogen-bond acceptors (Lipinski definition) is 6. The van der Waals surface area contributed by atoms with Crippen LogP contribution in [-0.2, 0) is 16.4 Å². The van der Waals surface area contributed by atoms with Gasteiger partial charge in [0.05, 0.1) is 29.6 Å². The Balaban J connectivity index is 1.62. The van der Waals surface area contributed by atoms with Gasteiger partial charge in [0.1, 0.15) is 5.75 Å². The Bertz CT molecular complexity index is 1180. The molecule has 0 amide bonds. The average molecular weight is 470 g/mol. The van der Waals surface area contributed by atoms with Crippen molar-refractivity contribution in [3.8, 4) is 16.9 Å². The molecule has 0 saturated heterocycles. The molecular formula is C20H17F3N2O4S2. The number of aromatic nitrogens is 1. The lowest BCUT2D eigenvalue weighted by Gasteiger charge is -2.30. The predicted octanol–water partition coefficient (Wildman–Crippen LogP) is 4.36. The third-order valence-electron chi connectivity index (χ3n) is 4.97. The molecule has 2 heterocycles. The second-order valence-corrected chi connectivity index (χ2v) is 9.44. The Labute approximate surface area is 180 Å². The van der Waals surface area contributed by atoms with Gasteiger partial charge in [-0.3, -0.25) is 4.72 Å². The molecule has 2 N–H and O–H groups in total. The zero-order valence-corrected chi connectivity index (χ0v) is 17.5. The summed E-state index contributed by atoms with van der Waals surface area (Å²) in [5, 5.41) is 12.7. The molecule has 164 valence electrons. The monoisotopic (exact) mass is 470 g/mol. The van der Waals surface area contributed by atoms with Crippen LogP contribution in [0.15, 0.2) is 53.4 Å². The molecular weight excluding hydrogens is 453 g/mol. The first-order chi connectivity index (χ1) is 14.7. The zero-order chi connectivity index (χ0) is 22.2. The molecule has 1 aromatic heterocycles. The molecule has 0 spiro atoms. The SMILES string of the molecule is O=S(=O)(Nc1ccccc1-c1ccc2c(c1)OC[C@@H](Cc1cscn1)[C@@H]2O)C(F)(F)F. The van der Waals surface area contributed by atoms with E-state index in [2.05, 4.69) is 4.98 Å². The van der Waals surface area contributed by atoms with E-state index in [1.165, 1.54) is 29.5 Å². The number of hydrogen-bond donors (Lipinski definition) is 2. The molecule has 1 aliphatic rings. The third-order valence-corrected chi connectivity index (χ3v) is 6.71. The highest BCUT2D eigenvalue weighted by atomic mass is 32.2. The van der Waals surface area contributed by atoms with Gasteiger partial charge in [0, 0.05) is 22.4 Å². The first-order valence-corrected chi connectivity index (χ1v) is 11.6. The highest BCUT2D eigenvalue weighted by Crippen LogP contribution is 2.41. The van der Waals surface area contributed by atoms with Crippen molar-refractivity contribution in [2.24, 2.45) is 5.92 Å². The van der Waals surface area contributed by atoms with E-state index in [1.54, 1.807) is 34.5 Å². The minimum atomic E-state index is -5.57. The number of thiazole rings is 1. The predicted molar refractivity (Wildman–Crippen MR) is 110 cm³/mol. The molecule has 0 radical (unpaired) electrons. The Morgan fingerprint density at radius 1 is 1.23 bits per heavy atom. The van der Waals surface area contributed by atoms with Crippen LogP contribution in [0.3, 0.4) is 0 Å². The maximum atomic E-state index is 12.8. The highest BCUT2D eigenvalue weighted by Gasteiger charge is 2.46. The number of rotatable bonds is 5. The fourth-order valence-corrected chi connectivity index (χ4v) is 4.57. The quantitative estimate of drug-likeness (QED) is 0.579. The van der Waals surface area contributed by atoms with Crippen LogP contribution in [0.2, 0.25) is 0 Å². The molecule has 0 aliphatic carbocycles. The van der Waals surface area contributed by atoms with Crippen LogP contribution in [0, 0.1) is 5.92 Å². The second-order valence-electron chi connectivity index (χ2n) is 7.05. The summed E-state index contributed by atoms with van der Waals surface area (Å²) < 4.78 is 68.9. The van der Waals surface area contributed by atoms with Gasteiger partial charge in [0.2, 0.25) is 0 Å². The molecule has 4 rings (SSSR count). The van der Waals surface area contributed by atoms with E-state index >= 15 is 0 Å². The van der Waals surface area contributed by atoms with Gasteiger partial charge in [-0.15, -0.1) is 11.3 Å². The van der Waals surface area contributed by atoms with Crippen LogP contribution >= 0.6 is 11.3 Å². The van der Waals surface area contributed by atoms with Gasteiger partial charge in [-0.1, -0.05) is 30.3 Å². The Morgan fingerprint density at radius 3 is 2.71 bits per heavy atom. The number of aliphatic hydroxyl groups excluding tert-OH is 1. The molecule has 2 aromatic carbocycles. The van der Waals surface area contributed by atoms with E-state index in [0.717, 1.165) is 5.69 Å². The Morgan fingerprint density at radius 2 is 2.00 bits per heavy atom. The Hall–Kier alpha value is -2.63. The highest BCUT2D eigenvalue weighted by molar-refractivity contribution is 7.93. The van der Waals surface area contributed by atoms with Crippen molar-refractivity contribution >= 4 is 27.0 Å². The second kappa shape index (κ2) is 8.13. The van der Waals surface area contributed by atoms with Gasteiger partial charge in [0.15, 0.2) is 0 Å². The molecule has 0 unspecified atom stereocenters. The normalized spacial score (nSPS) is 18.8. The largest absolute Gasteiger partial charge is 0.516 e. The first kappa shape index (κ1) is 21.6. The summed E-state index contributed by atoms with van der Waals surface area (Å²) in [5.41, 5.74) is -1.80. The van der Waals surface area contributed by atoms with Crippen LogP contribution < -0.4 is 9.46 Å². The number of sulfonamides is 1. The summed E-state index contributed by atoms with van der Waals surface area (Å²) in [6.07, 6.45) is -0.244. The fraction of sp³-hybridized carbons (Fsp3) is 0.250. The lowest BCUT2D eigenvalue weighted by atomic mass is 9.88. The lowest BCUT2D eigenvalue weighted by molar-refractivity contribution is -0.0429. The number of nitrogens with zero attached hydrogens (tertiary/aromatic N) is 1. The standard InChI is InChI=1S/C20H17F3N2O4S2/c21-20(22,23)31(27,28)25-17-4-2-1-3-15(17)12-5-6-16-18(8-12)29-9-13(19(16)26)7-14-10-30-11-24-14/h1-6,8,10-11,13,19,25-26H,7,9H2/t13-,19+/m1/s1. The van der Waals surface area contributed by atoms with Crippen molar-refractivity contribution in [1.29, 1.82) is 0 Å². The average Bonchev–Trinajstić information content (AvgIpc) is 3.22. The van der Waals surface area contributed by atoms with Gasteiger partial charge in [0.25, 0.3) is 0 Å². The molecule has 2 atom stereocenters. The maximum Gasteiger partial charge on any atom is 0.516 e. The number of ether oxygens (including phenoxy) is 1. The lowest BCUT2D eigenvalue weighted by Crippen LogP contribution is -2.30. The number of benzene rings is 2. The first-order valence-electron chi connectivity index (χ1n) is 9.16. The van der Waals surface area contributed by atoms with Gasteiger partial charge in [-0.25, -0.2) is 4.98 Å². The van der Waals surface area contributed by atoms with Gasteiger partial charge in [-0.2, -0.15) is 21.6 Å². The van der Waals surface area contributed by atoms with Crippen molar-refractivity contribution < 1.29 is 31.4 Å². The van der Waals surface area contributed by atoms with E-state index in [9.17, 15) is 26.7 Å². The summed E-state index contributed by atoms with van der Waals surface area (Å²) >= 11 is 1.47. The molecule has 3 aromatic rings. The van der Waals surface area contributed by atoms with Gasteiger partial charge >= 0.3 is 15.5 Å².